The van der Waals surface area contributed by atoms with Crippen LogP contribution >= 0.6 is 0 Å². The number of nitrogens with one attached hydrogen (secondary N) is 1. The first-order chi connectivity index (χ1) is 6.85. The van der Waals surface area contributed by atoms with Crippen LogP contribution in [-0.4, -0.2) is 50.3 Å². The van der Waals surface area contributed by atoms with Crippen molar-refractivity contribution in [3.63, 3.8) is 0 Å². The molecule has 15 heavy (non-hydrogen) atoms. The van der Waals surface area contributed by atoms with E-state index in [0.29, 0.717) is 5.41 Å². The summed E-state index contributed by atoms with van der Waals surface area (Å²) in [5, 5.41) is 3.64. The lowest BCUT2D eigenvalue weighted by molar-refractivity contribution is 0.122. The zero-order valence-corrected chi connectivity index (χ0v) is 10.9. The van der Waals surface area contributed by atoms with E-state index in [9.17, 15) is 0 Å². The number of hydrogen-bond donors (Lipinski definition) is 1. The molecule has 0 saturated carbocycles. The van der Waals surface area contributed by atoms with Crippen molar-refractivity contribution in [2.75, 3.05) is 39.9 Å². The lowest BCUT2D eigenvalue weighted by Crippen LogP contribution is -2.47. The van der Waals surface area contributed by atoms with Crippen molar-refractivity contribution in [3.05, 3.63) is 0 Å². The molecule has 0 aromatic heterocycles. The fourth-order valence-corrected chi connectivity index (χ4v) is 2.19. The van der Waals surface area contributed by atoms with Gasteiger partial charge < -0.3 is 10.1 Å². The Morgan fingerprint density at radius 3 is 2.47 bits per heavy atom. The van der Waals surface area contributed by atoms with Crippen LogP contribution in [0.3, 0.4) is 0 Å². The Bertz CT molecular complexity index is 184. The van der Waals surface area contributed by atoms with Gasteiger partial charge in [-0.1, -0.05) is 13.8 Å². The molecule has 1 fully saturated rings. The SMILES string of the molecule is COCCN1CC(C)(C)CNC(C)(C)C1. The molecular formula is C12H26N2O. The second-order valence-corrected chi connectivity index (χ2v) is 6.11. The Kier molecular flexibility index (Phi) is 4.15. The number of nitrogens with zero attached hydrogens (tertiary/aromatic N) is 1. The number of hydrogen-bond acceptors (Lipinski definition) is 3. The van der Waals surface area contributed by atoms with E-state index < -0.39 is 0 Å². The lowest BCUT2D eigenvalue weighted by atomic mass is 9.93. The van der Waals surface area contributed by atoms with Crippen LogP contribution in [0.1, 0.15) is 27.7 Å². The molecule has 1 heterocycles. The molecule has 0 aromatic rings. The molecule has 0 radical (unpaired) electrons. The van der Waals surface area contributed by atoms with E-state index in [1.807, 2.05) is 0 Å². The fourth-order valence-electron chi connectivity index (χ4n) is 2.19. The molecule has 3 nitrogen and oxygen atoms in total. The van der Waals surface area contributed by atoms with Crippen LogP contribution < -0.4 is 5.32 Å². The highest BCUT2D eigenvalue weighted by molar-refractivity contribution is 4.90. The zero-order valence-electron chi connectivity index (χ0n) is 10.9. The summed E-state index contributed by atoms with van der Waals surface area (Å²) in [5.74, 6) is 0. The molecule has 0 amide bonds. The Balaban J connectivity index is 2.60. The summed E-state index contributed by atoms with van der Waals surface area (Å²) in [5.41, 5.74) is 0.559. The number of methoxy groups -OCH3 is 1. The van der Waals surface area contributed by atoms with Crippen molar-refractivity contribution in [2.24, 2.45) is 5.41 Å². The quantitative estimate of drug-likeness (QED) is 0.767. The van der Waals surface area contributed by atoms with Gasteiger partial charge in [-0.25, -0.2) is 0 Å². The second kappa shape index (κ2) is 4.81. The van der Waals surface area contributed by atoms with Gasteiger partial charge in [-0.05, 0) is 19.3 Å². The Labute approximate surface area is 94.2 Å². The highest BCUT2D eigenvalue weighted by Crippen LogP contribution is 2.22. The standard InChI is InChI=1S/C12H26N2O/c1-11(2)8-13-12(3,4)10-14(9-11)6-7-15-5/h13H,6-10H2,1-5H3. The smallest absolute Gasteiger partial charge is 0.0589 e. The van der Waals surface area contributed by atoms with Gasteiger partial charge in [-0.15, -0.1) is 0 Å². The highest BCUT2D eigenvalue weighted by atomic mass is 16.5. The van der Waals surface area contributed by atoms with Crippen LogP contribution in [0.4, 0.5) is 0 Å². The predicted molar refractivity (Wildman–Crippen MR) is 64.2 cm³/mol. The van der Waals surface area contributed by atoms with Crippen LogP contribution in [0.15, 0.2) is 0 Å². The predicted octanol–water partition coefficient (Wildman–Crippen LogP) is 1.34. The van der Waals surface area contributed by atoms with Gasteiger partial charge in [0.1, 0.15) is 0 Å². The largest absolute Gasteiger partial charge is 0.383 e. The van der Waals surface area contributed by atoms with Gasteiger partial charge in [-0.3, -0.25) is 4.90 Å². The summed E-state index contributed by atoms with van der Waals surface area (Å²) < 4.78 is 5.16. The van der Waals surface area contributed by atoms with Crippen molar-refractivity contribution in [1.29, 1.82) is 0 Å². The van der Waals surface area contributed by atoms with E-state index >= 15 is 0 Å². The van der Waals surface area contributed by atoms with Gasteiger partial charge in [0.25, 0.3) is 0 Å². The van der Waals surface area contributed by atoms with Gasteiger partial charge >= 0.3 is 0 Å². The van der Waals surface area contributed by atoms with Crippen LogP contribution in [0.25, 0.3) is 0 Å². The van der Waals surface area contributed by atoms with E-state index in [4.69, 9.17) is 4.74 Å². The Morgan fingerprint density at radius 1 is 1.20 bits per heavy atom. The Morgan fingerprint density at radius 2 is 1.87 bits per heavy atom. The molecular weight excluding hydrogens is 188 g/mol. The molecule has 1 saturated heterocycles. The van der Waals surface area contributed by atoms with Crippen molar-refractivity contribution >= 4 is 0 Å². The van der Waals surface area contributed by atoms with E-state index in [1.165, 1.54) is 0 Å². The average Bonchev–Trinajstić information content (AvgIpc) is 2.20. The average molecular weight is 214 g/mol. The normalized spacial score (nSPS) is 26.2. The summed E-state index contributed by atoms with van der Waals surface area (Å²) in [7, 11) is 1.77. The molecule has 90 valence electrons. The topological polar surface area (TPSA) is 24.5 Å². The Hall–Kier alpha value is -0.120. The maximum atomic E-state index is 5.16. The van der Waals surface area contributed by atoms with Crippen molar-refractivity contribution < 1.29 is 4.74 Å². The first-order valence-electron chi connectivity index (χ1n) is 5.81. The van der Waals surface area contributed by atoms with Crippen molar-refractivity contribution in [1.82, 2.24) is 10.2 Å². The molecule has 1 aliphatic heterocycles. The fraction of sp³-hybridized carbons (Fsp3) is 1.00. The monoisotopic (exact) mass is 214 g/mol. The van der Waals surface area contributed by atoms with Crippen LogP contribution in [0.2, 0.25) is 0 Å². The summed E-state index contributed by atoms with van der Waals surface area (Å²) in [6.07, 6.45) is 0. The molecule has 0 spiro atoms. The molecule has 0 aliphatic carbocycles. The molecule has 0 unspecified atom stereocenters. The molecule has 1 N–H and O–H groups in total. The van der Waals surface area contributed by atoms with E-state index in [2.05, 4.69) is 37.9 Å². The van der Waals surface area contributed by atoms with Crippen LogP contribution in [-0.2, 0) is 4.74 Å². The molecule has 0 bridgehead atoms. The highest BCUT2D eigenvalue weighted by Gasteiger charge is 2.32. The minimum Gasteiger partial charge on any atom is -0.383 e. The first-order valence-corrected chi connectivity index (χ1v) is 5.81. The summed E-state index contributed by atoms with van der Waals surface area (Å²) in [6.45, 7) is 14.4. The van der Waals surface area contributed by atoms with E-state index in [0.717, 1.165) is 32.8 Å². The van der Waals surface area contributed by atoms with Crippen LogP contribution in [0, 0.1) is 5.41 Å². The summed E-state index contributed by atoms with van der Waals surface area (Å²) in [6, 6.07) is 0. The minimum absolute atomic E-state index is 0.210. The van der Waals surface area contributed by atoms with Crippen LogP contribution in [0.5, 0.6) is 0 Å². The third kappa shape index (κ3) is 4.49. The van der Waals surface area contributed by atoms with Gasteiger partial charge in [0.05, 0.1) is 6.61 Å². The zero-order chi connectivity index (χ0) is 11.5. The molecule has 0 aromatic carbocycles. The third-order valence-electron chi connectivity index (χ3n) is 2.93. The summed E-state index contributed by atoms with van der Waals surface area (Å²) in [4.78, 5) is 2.50. The second-order valence-electron chi connectivity index (χ2n) is 6.11. The molecule has 1 aliphatic rings. The van der Waals surface area contributed by atoms with Gasteiger partial charge in [0, 0.05) is 38.8 Å². The maximum absolute atomic E-state index is 5.16. The minimum atomic E-state index is 0.210. The number of ether oxygens (including phenoxy) is 1. The van der Waals surface area contributed by atoms with Gasteiger partial charge in [0.15, 0.2) is 0 Å². The maximum Gasteiger partial charge on any atom is 0.0589 e. The molecule has 0 atom stereocenters. The van der Waals surface area contributed by atoms with E-state index in [-0.39, 0.29) is 5.54 Å². The third-order valence-corrected chi connectivity index (χ3v) is 2.93. The van der Waals surface area contributed by atoms with Gasteiger partial charge in [0.2, 0.25) is 0 Å². The van der Waals surface area contributed by atoms with Gasteiger partial charge in [-0.2, -0.15) is 0 Å². The summed E-state index contributed by atoms with van der Waals surface area (Å²) >= 11 is 0. The van der Waals surface area contributed by atoms with Crippen molar-refractivity contribution in [2.45, 2.75) is 33.2 Å². The molecule has 1 rings (SSSR count). The molecule has 3 heteroatoms. The first kappa shape index (κ1) is 12.9. The lowest BCUT2D eigenvalue weighted by Gasteiger charge is -2.30. The van der Waals surface area contributed by atoms with Crippen molar-refractivity contribution in [3.8, 4) is 0 Å². The van der Waals surface area contributed by atoms with E-state index in [1.54, 1.807) is 7.11 Å². The number of rotatable bonds is 3.